The lowest BCUT2D eigenvalue weighted by molar-refractivity contribution is -0.142. The van der Waals surface area contributed by atoms with Gasteiger partial charge in [-0.1, -0.05) is 55.8 Å². The van der Waals surface area contributed by atoms with Crippen molar-refractivity contribution in [2.75, 3.05) is 13.7 Å². The predicted octanol–water partition coefficient (Wildman–Crippen LogP) is 3.49. The summed E-state index contributed by atoms with van der Waals surface area (Å²) in [6.45, 7) is 6.26. The van der Waals surface area contributed by atoms with Crippen molar-refractivity contribution < 1.29 is 14.3 Å². The Morgan fingerprint density at radius 2 is 1.79 bits per heavy atom. The third kappa shape index (κ3) is 5.84. The molecule has 0 fully saturated rings. The summed E-state index contributed by atoms with van der Waals surface area (Å²) in [5.41, 5.74) is 3.32. The second-order valence-corrected chi connectivity index (χ2v) is 6.84. The Balaban J connectivity index is 2.15. The van der Waals surface area contributed by atoms with Gasteiger partial charge in [-0.25, -0.2) is 0 Å². The highest BCUT2D eigenvalue weighted by molar-refractivity contribution is 5.88. The van der Waals surface area contributed by atoms with Gasteiger partial charge in [0, 0.05) is 13.6 Å². The van der Waals surface area contributed by atoms with Gasteiger partial charge in [-0.15, -0.1) is 0 Å². The van der Waals surface area contributed by atoms with Crippen LogP contribution in [0.2, 0.25) is 0 Å². The number of hydrogen-bond donors (Lipinski definition) is 1. The molecule has 5 nitrogen and oxygen atoms in total. The zero-order chi connectivity index (χ0) is 20.5. The number of amides is 2. The molecule has 0 aliphatic rings. The lowest BCUT2D eigenvalue weighted by atomic mass is 10.1. The molecule has 0 spiro atoms. The molecule has 0 saturated heterocycles. The van der Waals surface area contributed by atoms with E-state index in [2.05, 4.69) is 12.2 Å². The number of benzene rings is 2. The second-order valence-electron chi connectivity index (χ2n) is 6.84. The molecule has 0 heterocycles. The van der Waals surface area contributed by atoms with E-state index in [0.717, 1.165) is 17.5 Å². The summed E-state index contributed by atoms with van der Waals surface area (Å²) in [6.07, 6.45) is 1.48. The highest BCUT2D eigenvalue weighted by Crippen LogP contribution is 2.16. The number of carbonyl (C=O) groups is 2. The van der Waals surface area contributed by atoms with E-state index >= 15 is 0 Å². The molecule has 2 amide bonds. The SMILES string of the molecule is CCc1ccc(OCC(=O)N(Cc2cccc(C)c2)C(CC)C(=O)NC)cc1. The summed E-state index contributed by atoms with van der Waals surface area (Å²) in [4.78, 5) is 26.9. The molecule has 150 valence electrons. The first-order valence-electron chi connectivity index (χ1n) is 9.76. The first-order valence-corrected chi connectivity index (χ1v) is 9.76. The standard InChI is InChI=1S/C23H30N2O3/c1-5-18-10-12-20(13-11-18)28-16-22(26)25(21(6-2)23(27)24-4)15-19-9-7-8-17(3)14-19/h7-14,21H,5-6,15-16H2,1-4H3,(H,24,27). The molecule has 0 aromatic heterocycles. The van der Waals surface area contributed by atoms with Gasteiger partial charge in [0.25, 0.3) is 5.91 Å². The molecule has 5 heteroatoms. The molecule has 0 saturated carbocycles. The van der Waals surface area contributed by atoms with Gasteiger partial charge in [-0.2, -0.15) is 0 Å². The molecule has 1 N–H and O–H groups in total. The monoisotopic (exact) mass is 382 g/mol. The Morgan fingerprint density at radius 3 is 2.36 bits per heavy atom. The van der Waals surface area contributed by atoms with Gasteiger partial charge in [0.1, 0.15) is 11.8 Å². The molecular formula is C23H30N2O3. The lowest BCUT2D eigenvalue weighted by Gasteiger charge is -2.30. The van der Waals surface area contributed by atoms with Crippen LogP contribution in [0.15, 0.2) is 48.5 Å². The average Bonchev–Trinajstić information content (AvgIpc) is 2.72. The van der Waals surface area contributed by atoms with Crippen LogP contribution in [0.3, 0.4) is 0 Å². The second kappa shape index (κ2) is 10.5. The van der Waals surface area contributed by atoms with Crippen molar-refractivity contribution >= 4 is 11.8 Å². The number of hydrogen-bond acceptors (Lipinski definition) is 3. The molecule has 0 aliphatic heterocycles. The summed E-state index contributed by atoms with van der Waals surface area (Å²) in [7, 11) is 1.59. The molecule has 1 atom stereocenters. The molecule has 2 aromatic rings. The van der Waals surface area contributed by atoms with Gasteiger partial charge in [0.15, 0.2) is 6.61 Å². The maximum atomic E-state index is 13.0. The van der Waals surface area contributed by atoms with Crippen molar-refractivity contribution in [1.29, 1.82) is 0 Å². The van der Waals surface area contributed by atoms with Gasteiger partial charge < -0.3 is 15.0 Å². The zero-order valence-electron chi connectivity index (χ0n) is 17.2. The van der Waals surface area contributed by atoms with Crippen LogP contribution in [0, 0.1) is 6.92 Å². The first-order chi connectivity index (χ1) is 13.5. The van der Waals surface area contributed by atoms with Crippen molar-refractivity contribution in [3.8, 4) is 5.75 Å². The predicted molar refractivity (Wildman–Crippen MR) is 111 cm³/mol. The smallest absolute Gasteiger partial charge is 0.261 e. The summed E-state index contributed by atoms with van der Waals surface area (Å²) >= 11 is 0. The van der Waals surface area contributed by atoms with E-state index in [0.29, 0.717) is 18.7 Å². The van der Waals surface area contributed by atoms with E-state index in [4.69, 9.17) is 4.74 Å². The van der Waals surface area contributed by atoms with Crippen LogP contribution in [0.5, 0.6) is 5.75 Å². The topological polar surface area (TPSA) is 58.6 Å². The maximum absolute atomic E-state index is 13.0. The molecule has 2 aromatic carbocycles. The van der Waals surface area contributed by atoms with E-state index in [1.165, 1.54) is 5.56 Å². The average molecular weight is 383 g/mol. The van der Waals surface area contributed by atoms with Crippen LogP contribution in [0.25, 0.3) is 0 Å². The Labute approximate surface area is 167 Å². The maximum Gasteiger partial charge on any atom is 0.261 e. The van der Waals surface area contributed by atoms with Crippen LogP contribution in [-0.4, -0.2) is 36.4 Å². The van der Waals surface area contributed by atoms with Crippen LogP contribution in [0.1, 0.15) is 37.0 Å². The summed E-state index contributed by atoms with van der Waals surface area (Å²) in [6, 6.07) is 15.1. The molecule has 0 radical (unpaired) electrons. The fourth-order valence-electron chi connectivity index (χ4n) is 3.14. The lowest BCUT2D eigenvalue weighted by Crippen LogP contribution is -2.49. The Bertz CT molecular complexity index is 787. The first kappa shape index (κ1) is 21.5. The van der Waals surface area contributed by atoms with E-state index in [1.807, 2.05) is 62.4 Å². The number of ether oxygens (including phenoxy) is 1. The third-order valence-corrected chi connectivity index (χ3v) is 4.76. The van der Waals surface area contributed by atoms with E-state index < -0.39 is 6.04 Å². The van der Waals surface area contributed by atoms with Crippen molar-refractivity contribution in [2.45, 2.75) is 46.2 Å². The van der Waals surface area contributed by atoms with Gasteiger partial charge >= 0.3 is 0 Å². The van der Waals surface area contributed by atoms with Crippen molar-refractivity contribution in [2.24, 2.45) is 0 Å². The normalized spacial score (nSPS) is 11.6. The van der Waals surface area contributed by atoms with Crippen molar-refractivity contribution in [3.05, 3.63) is 65.2 Å². The van der Waals surface area contributed by atoms with Gasteiger partial charge in [0.2, 0.25) is 5.91 Å². The number of nitrogens with zero attached hydrogens (tertiary/aromatic N) is 1. The molecule has 1 unspecified atom stereocenters. The van der Waals surface area contributed by atoms with E-state index in [9.17, 15) is 9.59 Å². The Hall–Kier alpha value is -2.82. The van der Waals surface area contributed by atoms with Crippen molar-refractivity contribution in [3.63, 3.8) is 0 Å². The van der Waals surface area contributed by atoms with Crippen LogP contribution >= 0.6 is 0 Å². The van der Waals surface area contributed by atoms with Gasteiger partial charge in [0.05, 0.1) is 0 Å². The fraction of sp³-hybridized carbons (Fsp3) is 0.391. The summed E-state index contributed by atoms with van der Waals surface area (Å²) < 4.78 is 5.69. The number of likely N-dealkylation sites (N-methyl/N-ethyl adjacent to an activating group) is 1. The Morgan fingerprint density at radius 1 is 1.07 bits per heavy atom. The molecule has 0 aliphatic carbocycles. The minimum absolute atomic E-state index is 0.106. The van der Waals surface area contributed by atoms with Crippen LogP contribution in [-0.2, 0) is 22.6 Å². The minimum Gasteiger partial charge on any atom is -0.484 e. The van der Waals surface area contributed by atoms with Gasteiger partial charge in [-0.05, 0) is 43.0 Å². The zero-order valence-corrected chi connectivity index (χ0v) is 17.2. The summed E-state index contributed by atoms with van der Waals surface area (Å²) in [5.74, 6) is 0.265. The van der Waals surface area contributed by atoms with Crippen molar-refractivity contribution in [1.82, 2.24) is 10.2 Å². The Kier molecular flexibility index (Phi) is 8.05. The largest absolute Gasteiger partial charge is 0.484 e. The molecular weight excluding hydrogens is 352 g/mol. The molecule has 0 bridgehead atoms. The summed E-state index contributed by atoms with van der Waals surface area (Å²) in [5, 5.41) is 2.66. The van der Waals surface area contributed by atoms with Crippen LogP contribution < -0.4 is 10.1 Å². The number of rotatable bonds is 9. The van der Waals surface area contributed by atoms with E-state index in [1.54, 1.807) is 11.9 Å². The number of aryl methyl sites for hydroxylation is 2. The highest BCUT2D eigenvalue weighted by Gasteiger charge is 2.28. The highest BCUT2D eigenvalue weighted by atomic mass is 16.5. The third-order valence-electron chi connectivity index (χ3n) is 4.76. The fourth-order valence-corrected chi connectivity index (χ4v) is 3.14. The quantitative estimate of drug-likeness (QED) is 0.722. The van der Waals surface area contributed by atoms with Gasteiger partial charge in [-0.3, -0.25) is 9.59 Å². The van der Waals surface area contributed by atoms with E-state index in [-0.39, 0.29) is 18.4 Å². The molecule has 28 heavy (non-hydrogen) atoms. The molecule has 2 rings (SSSR count). The number of carbonyl (C=O) groups excluding carboxylic acids is 2. The number of nitrogens with one attached hydrogen (secondary N) is 1. The van der Waals surface area contributed by atoms with Crippen LogP contribution in [0.4, 0.5) is 0 Å². The minimum atomic E-state index is -0.538.